The van der Waals surface area contributed by atoms with Gasteiger partial charge in [0.05, 0.1) is 17.7 Å². The molecule has 3 aromatic rings. The molecule has 0 radical (unpaired) electrons. The maximum atomic E-state index is 13.9. The van der Waals surface area contributed by atoms with Crippen molar-refractivity contribution in [1.82, 2.24) is 10.2 Å². The van der Waals surface area contributed by atoms with Gasteiger partial charge in [-0.2, -0.15) is 0 Å². The van der Waals surface area contributed by atoms with Gasteiger partial charge in [0.15, 0.2) is 0 Å². The molecule has 1 N–H and O–H groups in total. The summed E-state index contributed by atoms with van der Waals surface area (Å²) in [5.74, 6) is 0.0955. The number of para-hydroxylation sites is 1. The molecule has 1 atom stereocenters. The van der Waals surface area contributed by atoms with Crippen LogP contribution in [0.15, 0.2) is 83.8 Å². The van der Waals surface area contributed by atoms with E-state index in [-0.39, 0.29) is 23.3 Å². The second kappa shape index (κ2) is 13.3. The summed E-state index contributed by atoms with van der Waals surface area (Å²) < 4.78 is 34.0. The monoisotopic (exact) mass is 551 g/mol. The van der Waals surface area contributed by atoms with Gasteiger partial charge >= 0.3 is 0 Å². The highest BCUT2D eigenvalue weighted by atomic mass is 32.2. The van der Waals surface area contributed by atoms with Gasteiger partial charge in [-0.05, 0) is 61.2 Å². The standard InChI is InChI=1S/C30H37N3O5S/c1-22(2)19-31-30(35)24(4)32(20-25-15-17-26(38-5)18-16-25)29(34)21-33(28-14-10-9-11-23(28)3)39(36,37)27-12-7-6-8-13-27/h6-18,22,24H,19-21H2,1-5H3,(H,31,35). The first-order valence-corrected chi connectivity index (χ1v) is 14.3. The molecule has 0 heterocycles. The summed E-state index contributed by atoms with van der Waals surface area (Å²) in [6, 6.07) is 21.4. The van der Waals surface area contributed by atoms with Crippen molar-refractivity contribution in [3.63, 3.8) is 0 Å². The number of methoxy groups -OCH3 is 1. The molecule has 0 aromatic heterocycles. The average molecular weight is 552 g/mol. The van der Waals surface area contributed by atoms with Gasteiger partial charge in [0.1, 0.15) is 18.3 Å². The summed E-state index contributed by atoms with van der Waals surface area (Å²) in [7, 11) is -2.52. The molecule has 1 unspecified atom stereocenters. The summed E-state index contributed by atoms with van der Waals surface area (Å²) >= 11 is 0. The SMILES string of the molecule is COc1ccc(CN(C(=O)CN(c2ccccc2C)S(=O)(=O)c2ccccc2)C(C)C(=O)NCC(C)C)cc1. The molecule has 39 heavy (non-hydrogen) atoms. The minimum Gasteiger partial charge on any atom is -0.497 e. The smallest absolute Gasteiger partial charge is 0.264 e. The van der Waals surface area contributed by atoms with Crippen LogP contribution in [0.4, 0.5) is 5.69 Å². The molecule has 0 fully saturated rings. The van der Waals surface area contributed by atoms with E-state index in [9.17, 15) is 18.0 Å². The molecule has 0 spiro atoms. The Hall–Kier alpha value is -3.85. The summed E-state index contributed by atoms with van der Waals surface area (Å²) in [5.41, 5.74) is 1.88. The van der Waals surface area contributed by atoms with Crippen LogP contribution in [0.2, 0.25) is 0 Å². The van der Waals surface area contributed by atoms with E-state index in [1.54, 1.807) is 69.5 Å². The van der Waals surface area contributed by atoms with E-state index in [4.69, 9.17) is 4.74 Å². The summed E-state index contributed by atoms with van der Waals surface area (Å²) in [6.07, 6.45) is 0. The number of carbonyl (C=O) groups excluding carboxylic acids is 2. The maximum Gasteiger partial charge on any atom is 0.264 e. The van der Waals surface area contributed by atoms with Crippen LogP contribution in [0, 0.1) is 12.8 Å². The largest absolute Gasteiger partial charge is 0.497 e. The van der Waals surface area contributed by atoms with Crippen LogP contribution in [-0.2, 0) is 26.2 Å². The number of carbonyl (C=O) groups is 2. The predicted molar refractivity (Wildman–Crippen MR) is 153 cm³/mol. The quantitative estimate of drug-likeness (QED) is 0.360. The van der Waals surface area contributed by atoms with E-state index < -0.39 is 28.5 Å². The Kier molecular flexibility index (Phi) is 10.1. The average Bonchev–Trinajstić information content (AvgIpc) is 2.94. The lowest BCUT2D eigenvalue weighted by Crippen LogP contribution is -2.51. The van der Waals surface area contributed by atoms with E-state index in [2.05, 4.69) is 5.32 Å². The predicted octanol–water partition coefficient (Wildman–Crippen LogP) is 4.39. The number of benzene rings is 3. The molecule has 0 aliphatic rings. The fraction of sp³-hybridized carbons (Fsp3) is 0.333. The highest BCUT2D eigenvalue weighted by Gasteiger charge is 2.33. The summed E-state index contributed by atoms with van der Waals surface area (Å²) in [4.78, 5) is 28.5. The summed E-state index contributed by atoms with van der Waals surface area (Å²) in [5, 5.41) is 2.89. The first-order valence-electron chi connectivity index (χ1n) is 12.9. The van der Waals surface area contributed by atoms with Crippen LogP contribution in [-0.4, -0.2) is 51.4 Å². The van der Waals surface area contributed by atoms with Crippen molar-refractivity contribution in [2.45, 2.75) is 45.2 Å². The van der Waals surface area contributed by atoms with Crippen LogP contribution in [0.25, 0.3) is 0 Å². The van der Waals surface area contributed by atoms with Gasteiger partial charge in [-0.15, -0.1) is 0 Å². The molecule has 9 heteroatoms. The van der Waals surface area contributed by atoms with Gasteiger partial charge in [-0.3, -0.25) is 13.9 Å². The van der Waals surface area contributed by atoms with Gasteiger partial charge in [0, 0.05) is 13.1 Å². The number of hydrogen-bond acceptors (Lipinski definition) is 5. The van der Waals surface area contributed by atoms with Crippen LogP contribution in [0.1, 0.15) is 31.9 Å². The van der Waals surface area contributed by atoms with Crippen molar-refractivity contribution >= 4 is 27.5 Å². The Bertz CT molecular complexity index is 1360. The van der Waals surface area contributed by atoms with Crippen LogP contribution >= 0.6 is 0 Å². The molecule has 3 aromatic carbocycles. The van der Waals surface area contributed by atoms with Crippen molar-refractivity contribution in [3.8, 4) is 5.75 Å². The zero-order valence-electron chi connectivity index (χ0n) is 23.1. The van der Waals surface area contributed by atoms with E-state index >= 15 is 0 Å². The van der Waals surface area contributed by atoms with Crippen LogP contribution < -0.4 is 14.4 Å². The second-order valence-electron chi connectivity index (χ2n) is 9.80. The number of nitrogens with zero attached hydrogens (tertiary/aromatic N) is 2. The Morgan fingerprint density at radius 3 is 2.10 bits per heavy atom. The lowest BCUT2D eigenvalue weighted by Gasteiger charge is -2.32. The molecule has 0 bridgehead atoms. The van der Waals surface area contributed by atoms with Gasteiger partial charge < -0.3 is 15.0 Å². The lowest BCUT2D eigenvalue weighted by molar-refractivity contribution is -0.139. The van der Waals surface area contributed by atoms with Crippen molar-refractivity contribution in [3.05, 3.63) is 90.0 Å². The fourth-order valence-corrected chi connectivity index (χ4v) is 5.54. The number of nitrogens with one attached hydrogen (secondary N) is 1. The highest BCUT2D eigenvalue weighted by Crippen LogP contribution is 2.27. The van der Waals surface area contributed by atoms with Gasteiger partial charge in [-0.1, -0.05) is 62.4 Å². The number of sulfonamides is 1. The van der Waals surface area contributed by atoms with E-state index in [1.165, 1.54) is 17.0 Å². The van der Waals surface area contributed by atoms with Crippen molar-refractivity contribution in [2.75, 3.05) is 24.5 Å². The number of ether oxygens (including phenoxy) is 1. The van der Waals surface area contributed by atoms with E-state index in [1.807, 2.05) is 32.0 Å². The topological polar surface area (TPSA) is 96.0 Å². The van der Waals surface area contributed by atoms with Gasteiger partial charge in [-0.25, -0.2) is 8.42 Å². The maximum absolute atomic E-state index is 13.9. The van der Waals surface area contributed by atoms with Gasteiger partial charge in [0.25, 0.3) is 10.0 Å². The number of anilines is 1. The van der Waals surface area contributed by atoms with E-state index in [0.717, 1.165) is 9.87 Å². The third-order valence-corrected chi connectivity index (χ3v) is 8.13. The number of aryl methyl sites for hydroxylation is 1. The third kappa shape index (κ3) is 7.60. The first kappa shape index (κ1) is 29.7. The number of hydrogen-bond donors (Lipinski definition) is 1. The Morgan fingerprint density at radius 1 is 0.897 bits per heavy atom. The molecule has 2 amide bonds. The fourth-order valence-electron chi connectivity index (χ4n) is 4.04. The first-order chi connectivity index (χ1) is 18.5. The molecule has 208 valence electrons. The highest BCUT2D eigenvalue weighted by molar-refractivity contribution is 7.92. The number of rotatable bonds is 12. The number of amides is 2. The molecule has 0 saturated heterocycles. The molecular formula is C30H37N3O5S. The normalized spacial score (nSPS) is 12.1. The molecule has 3 rings (SSSR count). The zero-order chi connectivity index (χ0) is 28.6. The zero-order valence-corrected chi connectivity index (χ0v) is 23.9. The van der Waals surface area contributed by atoms with E-state index in [0.29, 0.717) is 23.5 Å². The van der Waals surface area contributed by atoms with Crippen molar-refractivity contribution in [2.24, 2.45) is 5.92 Å². The Morgan fingerprint density at radius 2 is 1.51 bits per heavy atom. The van der Waals surface area contributed by atoms with Gasteiger partial charge in [0.2, 0.25) is 11.8 Å². The van der Waals surface area contributed by atoms with Crippen LogP contribution in [0.5, 0.6) is 5.75 Å². The Labute approximate surface area is 231 Å². The van der Waals surface area contributed by atoms with Crippen molar-refractivity contribution in [1.29, 1.82) is 0 Å². The minimum atomic E-state index is -4.09. The van der Waals surface area contributed by atoms with Crippen molar-refractivity contribution < 1.29 is 22.7 Å². The van der Waals surface area contributed by atoms with Crippen LogP contribution in [0.3, 0.4) is 0 Å². The molecule has 0 aliphatic carbocycles. The lowest BCUT2D eigenvalue weighted by atomic mass is 10.1. The molecular weight excluding hydrogens is 514 g/mol. The molecule has 8 nitrogen and oxygen atoms in total. The molecule has 0 saturated carbocycles. The second-order valence-corrected chi connectivity index (χ2v) is 11.7. The third-order valence-electron chi connectivity index (χ3n) is 6.36. The Balaban J connectivity index is 2.00. The minimum absolute atomic E-state index is 0.0745. The summed E-state index contributed by atoms with van der Waals surface area (Å²) in [6.45, 7) is 7.53. The molecule has 0 aliphatic heterocycles.